The smallest absolute Gasteiger partial charge is 0.146 e. The number of benzene rings is 2. The molecule has 0 atom stereocenters. The average molecular weight is 402 g/mol. The first-order chi connectivity index (χ1) is 14.7. The van der Waals surface area contributed by atoms with Crippen LogP contribution in [-0.2, 0) is 17.8 Å². The van der Waals surface area contributed by atoms with Crippen molar-refractivity contribution in [2.75, 3.05) is 5.73 Å². The molecule has 5 nitrogen and oxygen atoms in total. The van der Waals surface area contributed by atoms with Crippen LogP contribution in [-0.4, -0.2) is 20.6 Å². The van der Waals surface area contributed by atoms with Gasteiger partial charge < -0.3 is 15.0 Å². The van der Waals surface area contributed by atoms with Gasteiger partial charge >= 0.3 is 0 Å². The molecule has 1 aliphatic carbocycles. The van der Waals surface area contributed by atoms with E-state index < -0.39 is 0 Å². The van der Waals surface area contributed by atoms with Gasteiger partial charge in [-0.1, -0.05) is 42.5 Å². The maximum Gasteiger partial charge on any atom is 0.146 e. The number of hydrogen-bond donors (Lipinski definition) is 1. The molecule has 1 fully saturated rings. The molecule has 6 heteroatoms. The van der Waals surface area contributed by atoms with Gasteiger partial charge in [0.05, 0.1) is 18.1 Å². The van der Waals surface area contributed by atoms with Crippen LogP contribution in [0.3, 0.4) is 0 Å². The second-order valence-corrected chi connectivity index (χ2v) is 7.87. The Labute approximate surface area is 174 Å². The number of ether oxygens (including phenoxy) is 1. The molecule has 2 aromatic carbocycles. The highest BCUT2D eigenvalue weighted by atomic mass is 19.1. The topological polar surface area (TPSA) is 66.0 Å². The second-order valence-electron chi connectivity index (χ2n) is 7.87. The molecule has 0 aliphatic heterocycles. The third kappa shape index (κ3) is 3.66. The van der Waals surface area contributed by atoms with E-state index >= 15 is 0 Å². The number of nitrogens with zero attached hydrogens (tertiary/aromatic N) is 3. The molecule has 0 amide bonds. The monoisotopic (exact) mass is 402 g/mol. The van der Waals surface area contributed by atoms with E-state index in [0.29, 0.717) is 24.9 Å². The van der Waals surface area contributed by atoms with Crippen molar-refractivity contribution in [3.63, 3.8) is 0 Å². The Kier molecular flexibility index (Phi) is 4.93. The molecule has 1 saturated carbocycles. The minimum atomic E-state index is -0.238. The highest BCUT2D eigenvalue weighted by Gasteiger charge is 2.33. The van der Waals surface area contributed by atoms with Crippen molar-refractivity contribution in [2.45, 2.75) is 38.0 Å². The van der Waals surface area contributed by atoms with Crippen LogP contribution in [0.5, 0.6) is 0 Å². The lowest BCUT2D eigenvalue weighted by molar-refractivity contribution is -0.0348. The van der Waals surface area contributed by atoms with E-state index in [-0.39, 0.29) is 11.9 Å². The highest BCUT2D eigenvalue weighted by Crippen LogP contribution is 2.39. The molecule has 4 aromatic rings. The van der Waals surface area contributed by atoms with Gasteiger partial charge in [0.15, 0.2) is 0 Å². The van der Waals surface area contributed by atoms with Gasteiger partial charge in [0.1, 0.15) is 23.6 Å². The van der Waals surface area contributed by atoms with Crippen molar-refractivity contribution in [3.8, 4) is 0 Å². The number of fused-ring (bicyclic) bond motifs is 1. The Hall–Kier alpha value is -3.25. The van der Waals surface area contributed by atoms with Gasteiger partial charge in [-0.15, -0.1) is 0 Å². The fourth-order valence-corrected chi connectivity index (χ4v) is 4.16. The Morgan fingerprint density at radius 2 is 1.83 bits per heavy atom. The summed E-state index contributed by atoms with van der Waals surface area (Å²) in [5.74, 6) is 0.221. The van der Waals surface area contributed by atoms with Gasteiger partial charge in [-0.3, -0.25) is 0 Å². The number of aromatic nitrogens is 3. The lowest BCUT2D eigenvalue weighted by atomic mass is 9.89. The normalized spacial score (nSPS) is 18.4. The molecule has 1 aliphatic rings. The number of hydrogen-bond acceptors (Lipinski definition) is 4. The fraction of sp³-hybridized carbons (Fsp3) is 0.250. The summed E-state index contributed by atoms with van der Waals surface area (Å²) in [6, 6.07) is 17.2. The van der Waals surface area contributed by atoms with E-state index in [1.165, 1.54) is 18.0 Å². The molecule has 0 unspecified atom stereocenters. The van der Waals surface area contributed by atoms with Crippen molar-refractivity contribution in [2.24, 2.45) is 0 Å². The van der Waals surface area contributed by atoms with Gasteiger partial charge in [0.2, 0.25) is 0 Å². The first-order valence-corrected chi connectivity index (χ1v) is 10.2. The molecule has 2 aromatic heterocycles. The Morgan fingerprint density at radius 1 is 1.03 bits per heavy atom. The number of halogens is 1. The van der Waals surface area contributed by atoms with Crippen LogP contribution in [0, 0.1) is 5.82 Å². The minimum absolute atomic E-state index is 0.235. The predicted octanol–water partition coefficient (Wildman–Crippen LogP) is 4.66. The molecule has 2 N–H and O–H groups in total. The van der Waals surface area contributed by atoms with Crippen molar-refractivity contribution in [1.82, 2.24) is 14.5 Å². The zero-order valence-corrected chi connectivity index (χ0v) is 16.5. The average Bonchev–Trinajstić information content (AvgIpc) is 3.07. The van der Waals surface area contributed by atoms with E-state index in [1.807, 2.05) is 24.3 Å². The number of anilines is 1. The molecule has 0 radical (unpaired) electrons. The van der Waals surface area contributed by atoms with E-state index in [0.717, 1.165) is 35.0 Å². The lowest BCUT2D eigenvalue weighted by Gasteiger charge is -2.36. The number of nitrogen functional groups attached to an aromatic ring is 1. The van der Waals surface area contributed by atoms with Crippen LogP contribution >= 0.6 is 0 Å². The summed E-state index contributed by atoms with van der Waals surface area (Å²) >= 11 is 0. The lowest BCUT2D eigenvalue weighted by Crippen LogP contribution is -2.33. The third-order valence-corrected chi connectivity index (χ3v) is 5.79. The summed E-state index contributed by atoms with van der Waals surface area (Å²) in [6.07, 6.45) is 6.28. The Bertz CT molecular complexity index is 1170. The number of rotatable bonds is 6. The summed E-state index contributed by atoms with van der Waals surface area (Å²) in [6.45, 7) is 0.630. The zero-order chi connectivity index (χ0) is 20.5. The van der Waals surface area contributed by atoms with Crippen LogP contribution in [0.15, 0.2) is 67.1 Å². The highest BCUT2D eigenvalue weighted by molar-refractivity contribution is 5.90. The van der Waals surface area contributed by atoms with Crippen LogP contribution in [0.4, 0.5) is 10.2 Å². The maximum absolute atomic E-state index is 13.6. The van der Waals surface area contributed by atoms with E-state index in [2.05, 4.69) is 32.9 Å². The largest absolute Gasteiger partial charge is 0.383 e. The first-order valence-electron chi connectivity index (χ1n) is 10.2. The zero-order valence-electron chi connectivity index (χ0n) is 16.5. The Balaban J connectivity index is 1.35. The summed E-state index contributed by atoms with van der Waals surface area (Å²) in [4.78, 5) is 8.68. The fourth-order valence-electron chi connectivity index (χ4n) is 4.16. The molecule has 0 bridgehead atoms. The van der Waals surface area contributed by atoms with Crippen LogP contribution < -0.4 is 5.73 Å². The van der Waals surface area contributed by atoms with Gasteiger partial charge in [-0.2, -0.15) is 0 Å². The predicted molar refractivity (Wildman–Crippen MR) is 114 cm³/mol. The summed E-state index contributed by atoms with van der Waals surface area (Å²) < 4.78 is 21.9. The molecule has 0 saturated heterocycles. The van der Waals surface area contributed by atoms with Gasteiger partial charge in [0, 0.05) is 12.2 Å². The minimum Gasteiger partial charge on any atom is -0.383 e. The summed E-state index contributed by atoms with van der Waals surface area (Å²) in [5.41, 5.74) is 10.1. The molecule has 152 valence electrons. The molecule has 30 heavy (non-hydrogen) atoms. The molecule has 5 rings (SSSR count). The van der Waals surface area contributed by atoms with E-state index in [4.69, 9.17) is 10.5 Å². The van der Waals surface area contributed by atoms with E-state index in [1.54, 1.807) is 12.1 Å². The maximum atomic E-state index is 13.6. The standard InChI is InChI=1S/C24H23FN4O/c25-19-8-4-7-17(10-19)9-18-13-29(24-22(18)23(26)27-15-28-24)20-11-21(12-20)30-14-16-5-2-1-3-6-16/h1-8,10,13,15,20-21H,9,11-12,14H2,(H2,26,27,28). The van der Waals surface area contributed by atoms with Crippen LogP contribution in [0.2, 0.25) is 0 Å². The summed E-state index contributed by atoms with van der Waals surface area (Å²) in [7, 11) is 0. The van der Waals surface area contributed by atoms with Crippen molar-refractivity contribution < 1.29 is 9.13 Å². The summed E-state index contributed by atoms with van der Waals surface area (Å²) in [5, 5.41) is 0.857. The molecular weight excluding hydrogens is 379 g/mol. The van der Waals surface area contributed by atoms with Crippen molar-refractivity contribution in [1.29, 1.82) is 0 Å². The van der Waals surface area contributed by atoms with Gasteiger partial charge in [-0.05, 0) is 48.1 Å². The van der Waals surface area contributed by atoms with E-state index in [9.17, 15) is 4.39 Å². The Morgan fingerprint density at radius 3 is 2.63 bits per heavy atom. The molecular formula is C24H23FN4O. The molecule has 2 heterocycles. The second kappa shape index (κ2) is 7.88. The third-order valence-electron chi connectivity index (χ3n) is 5.79. The van der Waals surface area contributed by atoms with Gasteiger partial charge in [0.25, 0.3) is 0 Å². The first kappa shape index (κ1) is 18.8. The SMILES string of the molecule is Nc1ncnc2c1c(Cc1cccc(F)c1)cn2C1CC(OCc2ccccc2)C1. The quantitative estimate of drug-likeness (QED) is 0.509. The van der Waals surface area contributed by atoms with Crippen LogP contribution in [0.25, 0.3) is 11.0 Å². The number of nitrogens with two attached hydrogens (primary N) is 1. The molecule has 0 spiro atoms. The van der Waals surface area contributed by atoms with Crippen molar-refractivity contribution >= 4 is 16.9 Å². The van der Waals surface area contributed by atoms with Crippen LogP contribution in [0.1, 0.15) is 35.6 Å². The van der Waals surface area contributed by atoms with Crippen molar-refractivity contribution in [3.05, 3.63) is 89.6 Å². The van der Waals surface area contributed by atoms with Gasteiger partial charge in [-0.25, -0.2) is 14.4 Å².